The molecule has 2 heterocycles. The lowest BCUT2D eigenvalue weighted by Gasteiger charge is -2.27. The van der Waals surface area contributed by atoms with Crippen molar-refractivity contribution in [2.24, 2.45) is 5.10 Å². The molecule has 0 fully saturated rings. The number of aromatic nitrogens is 2. The molecule has 0 radical (unpaired) electrons. The van der Waals surface area contributed by atoms with E-state index in [0.29, 0.717) is 33.6 Å². The van der Waals surface area contributed by atoms with Crippen LogP contribution in [0, 0.1) is 18.2 Å². The predicted octanol–water partition coefficient (Wildman–Crippen LogP) is 3.78. The van der Waals surface area contributed by atoms with Gasteiger partial charge in [-0.1, -0.05) is 24.3 Å². The van der Waals surface area contributed by atoms with Crippen molar-refractivity contribution in [3.05, 3.63) is 61.5 Å². The third-order valence-corrected chi connectivity index (χ3v) is 7.44. The molecular formula is C26H33FN6O3S. The Morgan fingerprint density at radius 1 is 1.27 bits per heavy atom. The summed E-state index contributed by atoms with van der Waals surface area (Å²) in [6.07, 6.45) is 3.33. The molecule has 3 aromatic rings. The molecule has 9 nitrogen and oxygen atoms in total. The second kappa shape index (κ2) is 11.2. The highest BCUT2D eigenvalue weighted by atomic mass is 32.1. The maximum atomic E-state index is 14.0. The monoisotopic (exact) mass is 528 g/mol. The van der Waals surface area contributed by atoms with E-state index in [9.17, 15) is 18.8 Å². The van der Waals surface area contributed by atoms with Gasteiger partial charge >= 0.3 is 5.69 Å². The van der Waals surface area contributed by atoms with Crippen LogP contribution in [0.2, 0.25) is 0 Å². The highest BCUT2D eigenvalue weighted by molar-refractivity contribution is 7.22. The summed E-state index contributed by atoms with van der Waals surface area (Å²) in [6, 6.07) is 4.44. The van der Waals surface area contributed by atoms with Crippen molar-refractivity contribution >= 4 is 44.9 Å². The quantitative estimate of drug-likeness (QED) is 0.274. The van der Waals surface area contributed by atoms with Crippen LogP contribution < -0.4 is 22.0 Å². The normalized spacial score (nSPS) is 12.0. The van der Waals surface area contributed by atoms with Gasteiger partial charge in [-0.3, -0.25) is 19.6 Å². The summed E-state index contributed by atoms with van der Waals surface area (Å²) in [5.41, 5.74) is 2.50. The van der Waals surface area contributed by atoms with E-state index in [2.05, 4.69) is 15.8 Å². The number of halogens is 1. The summed E-state index contributed by atoms with van der Waals surface area (Å²) in [7, 11) is 0. The van der Waals surface area contributed by atoms with Gasteiger partial charge in [-0.05, 0) is 70.7 Å². The Morgan fingerprint density at radius 3 is 2.59 bits per heavy atom. The van der Waals surface area contributed by atoms with Crippen LogP contribution in [-0.2, 0) is 29.7 Å². The summed E-state index contributed by atoms with van der Waals surface area (Å²) in [6.45, 7) is 10.6. The van der Waals surface area contributed by atoms with E-state index in [1.54, 1.807) is 40.7 Å². The Hall–Kier alpha value is -3.60. The Bertz CT molecular complexity index is 1480. The number of nitrogens with one attached hydrogen (secondary N) is 3. The van der Waals surface area contributed by atoms with E-state index < -0.39 is 22.7 Å². The Balaban J connectivity index is 2.27. The molecule has 11 heteroatoms. The molecule has 0 aliphatic heterocycles. The molecule has 0 saturated carbocycles. The van der Waals surface area contributed by atoms with Crippen LogP contribution in [0.3, 0.4) is 0 Å². The van der Waals surface area contributed by atoms with E-state index in [-0.39, 0.29) is 18.4 Å². The molecule has 2 aromatic heterocycles. The predicted molar refractivity (Wildman–Crippen MR) is 148 cm³/mol. The molecule has 198 valence electrons. The molecule has 0 aliphatic carbocycles. The van der Waals surface area contributed by atoms with Gasteiger partial charge < -0.3 is 10.7 Å². The van der Waals surface area contributed by atoms with Gasteiger partial charge in [0.25, 0.3) is 5.56 Å². The number of thiophene rings is 1. The summed E-state index contributed by atoms with van der Waals surface area (Å²) in [4.78, 5) is 41.1. The highest BCUT2D eigenvalue weighted by Crippen LogP contribution is 2.33. The number of carbonyl (C=O) groups excluding carboxylic acids is 1. The number of nitrogens with zero attached hydrogens (tertiary/aromatic N) is 3. The first-order valence-electron chi connectivity index (χ1n) is 12.1. The smallest absolute Gasteiger partial charge is 0.333 e. The molecule has 37 heavy (non-hydrogen) atoms. The summed E-state index contributed by atoms with van der Waals surface area (Å²) in [5.74, 6) is -0.809. The van der Waals surface area contributed by atoms with E-state index in [1.807, 2.05) is 6.92 Å². The maximum Gasteiger partial charge on any atom is 0.333 e. The van der Waals surface area contributed by atoms with E-state index in [4.69, 9.17) is 5.41 Å². The number of rotatable bonds is 10. The molecule has 0 saturated heterocycles. The highest BCUT2D eigenvalue weighted by Gasteiger charge is 2.35. The van der Waals surface area contributed by atoms with Crippen molar-refractivity contribution in [3.63, 3.8) is 0 Å². The minimum atomic E-state index is -1.47. The molecule has 0 unspecified atom stereocenters. The van der Waals surface area contributed by atoms with Crippen LogP contribution in [-0.4, -0.2) is 33.5 Å². The van der Waals surface area contributed by atoms with Crippen LogP contribution in [0.4, 0.5) is 9.39 Å². The third-order valence-electron chi connectivity index (χ3n) is 6.22. The van der Waals surface area contributed by atoms with E-state index >= 15 is 0 Å². The Morgan fingerprint density at radius 2 is 1.97 bits per heavy atom. The number of amides is 1. The number of fused-ring (bicyclic) bond motifs is 1. The molecule has 0 atom stereocenters. The largest absolute Gasteiger partial charge is 0.352 e. The molecule has 1 aromatic carbocycles. The minimum absolute atomic E-state index is 0.178. The Labute approximate surface area is 218 Å². The summed E-state index contributed by atoms with van der Waals surface area (Å²) in [5, 5.41) is 14.7. The fourth-order valence-corrected chi connectivity index (χ4v) is 5.39. The standard InChI is InChI=1S/C26H33FN6O3S/c1-7-17-8-9-19(27)14-18(17)10-13-32-23-20(16(4)21(37-23)31-29-12-11-28)22(34)33(25(32)36)26(5,6)24(35)30-15(2)3/h8-9,11-12,14-15,28,31H,7,10,13H2,1-6H3,(H,30,35)/b28-11?,29-12-. The zero-order chi connectivity index (χ0) is 27.5. The summed E-state index contributed by atoms with van der Waals surface area (Å²) < 4.78 is 16.5. The summed E-state index contributed by atoms with van der Waals surface area (Å²) >= 11 is 1.19. The first-order valence-corrected chi connectivity index (χ1v) is 12.9. The van der Waals surface area contributed by atoms with Gasteiger partial charge in [-0.15, -0.1) is 0 Å². The number of anilines is 1. The van der Waals surface area contributed by atoms with Crippen molar-refractivity contribution in [1.82, 2.24) is 14.5 Å². The fourth-order valence-electron chi connectivity index (χ4n) is 4.22. The first kappa shape index (κ1) is 28.0. The van der Waals surface area contributed by atoms with Crippen LogP contribution in [0.15, 0.2) is 32.9 Å². The van der Waals surface area contributed by atoms with Crippen LogP contribution in [0.5, 0.6) is 0 Å². The number of hydrogen-bond acceptors (Lipinski definition) is 7. The zero-order valence-corrected chi connectivity index (χ0v) is 22.8. The van der Waals surface area contributed by atoms with Gasteiger partial charge in [-0.2, -0.15) is 5.10 Å². The lowest BCUT2D eigenvalue weighted by molar-refractivity contribution is -0.129. The van der Waals surface area contributed by atoms with Crippen LogP contribution >= 0.6 is 11.3 Å². The van der Waals surface area contributed by atoms with Gasteiger partial charge in [0.15, 0.2) is 0 Å². The number of benzene rings is 1. The Kier molecular flexibility index (Phi) is 8.47. The van der Waals surface area contributed by atoms with Gasteiger partial charge in [0, 0.05) is 24.4 Å². The number of carbonyl (C=O) groups is 1. The van der Waals surface area contributed by atoms with Crippen molar-refractivity contribution < 1.29 is 9.18 Å². The van der Waals surface area contributed by atoms with Crippen LogP contribution in [0.1, 0.15) is 51.3 Å². The third kappa shape index (κ3) is 5.56. The molecule has 3 N–H and O–H groups in total. The molecule has 0 spiro atoms. The van der Waals surface area contributed by atoms with Gasteiger partial charge in [0.05, 0.1) is 11.6 Å². The van der Waals surface area contributed by atoms with Crippen LogP contribution in [0.25, 0.3) is 10.2 Å². The molecule has 1 amide bonds. The number of hydrazone groups is 1. The van der Waals surface area contributed by atoms with Gasteiger partial charge in [0.1, 0.15) is 21.2 Å². The zero-order valence-electron chi connectivity index (χ0n) is 21.9. The van der Waals surface area contributed by atoms with Gasteiger partial charge in [-0.25, -0.2) is 13.8 Å². The second-order valence-corrected chi connectivity index (χ2v) is 10.6. The topological polar surface area (TPSA) is 121 Å². The molecule has 0 bridgehead atoms. The lowest BCUT2D eigenvalue weighted by Crippen LogP contribution is -2.56. The van der Waals surface area contributed by atoms with Crippen molar-refractivity contribution in [3.8, 4) is 0 Å². The molecular weight excluding hydrogens is 495 g/mol. The molecule has 0 aliphatic rings. The number of aryl methyl sites for hydroxylation is 4. The van der Waals surface area contributed by atoms with E-state index in [0.717, 1.165) is 21.9 Å². The van der Waals surface area contributed by atoms with E-state index in [1.165, 1.54) is 34.3 Å². The SMILES string of the molecule is CCc1ccc(F)cc1CCn1c(=O)n(C(C)(C)C(=O)NC(C)C)c(=O)c2c(C)c(N/N=C\C=N)sc21. The minimum Gasteiger partial charge on any atom is -0.352 e. The second-order valence-electron chi connectivity index (χ2n) is 9.57. The van der Waals surface area contributed by atoms with Crippen molar-refractivity contribution in [1.29, 1.82) is 5.41 Å². The van der Waals surface area contributed by atoms with Gasteiger partial charge in [0.2, 0.25) is 5.91 Å². The average Bonchev–Trinajstić information content (AvgIpc) is 3.15. The lowest BCUT2D eigenvalue weighted by atomic mass is 10.0. The van der Waals surface area contributed by atoms with Crippen molar-refractivity contribution in [2.45, 2.75) is 72.5 Å². The maximum absolute atomic E-state index is 14.0. The van der Waals surface area contributed by atoms with Crippen molar-refractivity contribution in [2.75, 3.05) is 5.43 Å². The molecule has 3 rings (SSSR count). The fraction of sp³-hybridized carbons (Fsp3) is 0.423. The average molecular weight is 529 g/mol. The number of hydrogen-bond donors (Lipinski definition) is 3. The first-order chi connectivity index (χ1) is 17.4.